The standard InChI is InChI=1S/C20H16Cl2F3N5O2/c1-30-13-5-11(23)12(27-17-10(21)6-26-19(22)29-17)4-9(13)14-15(18(30)31)32-7-20(24,25)16(28-14)8-2-3-8/h4-6,8,16,28H,2-3,7H2,1H3,(H,26,27,29)/t16-/m0/s1. The Labute approximate surface area is 189 Å². The van der Waals surface area contributed by atoms with Crippen molar-refractivity contribution in [3.63, 3.8) is 0 Å². The Morgan fingerprint density at radius 2 is 2.06 bits per heavy atom. The molecule has 2 aromatic heterocycles. The molecule has 5 rings (SSSR count). The molecule has 1 aliphatic carbocycles. The number of halogens is 5. The van der Waals surface area contributed by atoms with Gasteiger partial charge in [0, 0.05) is 18.5 Å². The van der Waals surface area contributed by atoms with Crippen LogP contribution in [-0.2, 0) is 7.05 Å². The monoisotopic (exact) mass is 485 g/mol. The third-order valence-corrected chi connectivity index (χ3v) is 6.13. The Balaban J connectivity index is 1.69. The van der Waals surface area contributed by atoms with Gasteiger partial charge in [0.25, 0.3) is 5.56 Å². The van der Waals surface area contributed by atoms with Crippen molar-refractivity contribution >= 4 is 51.3 Å². The summed E-state index contributed by atoms with van der Waals surface area (Å²) in [6.45, 7) is -0.920. The lowest BCUT2D eigenvalue weighted by Crippen LogP contribution is -2.44. The topological polar surface area (TPSA) is 81.1 Å². The van der Waals surface area contributed by atoms with E-state index in [0.717, 1.165) is 10.6 Å². The van der Waals surface area contributed by atoms with Crippen LogP contribution in [0.3, 0.4) is 0 Å². The number of alkyl halides is 2. The van der Waals surface area contributed by atoms with Gasteiger partial charge < -0.3 is 19.9 Å². The molecule has 168 valence electrons. The molecule has 2 aliphatic rings. The summed E-state index contributed by atoms with van der Waals surface area (Å²) < 4.78 is 50.8. The number of rotatable bonds is 3. The van der Waals surface area contributed by atoms with Gasteiger partial charge in [0.05, 0.1) is 29.1 Å². The van der Waals surface area contributed by atoms with Gasteiger partial charge in [-0.15, -0.1) is 0 Å². The molecule has 1 aliphatic heterocycles. The SMILES string of the molecule is Cn1c(=O)c2c(c3cc(Nc4nc(Cl)ncc4Cl)c(F)cc31)N[C@@H](C1CC1)C(F)(F)CO2. The molecule has 0 saturated heterocycles. The molecule has 32 heavy (non-hydrogen) atoms. The fourth-order valence-electron chi connectivity index (χ4n) is 3.88. The van der Waals surface area contributed by atoms with Crippen molar-refractivity contribution in [3.8, 4) is 5.75 Å². The van der Waals surface area contributed by atoms with E-state index in [-0.39, 0.29) is 44.7 Å². The number of ether oxygens (including phenoxy) is 1. The Bertz CT molecular complexity index is 1310. The van der Waals surface area contributed by atoms with E-state index in [9.17, 15) is 18.0 Å². The molecule has 0 bridgehead atoms. The largest absolute Gasteiger partial charge is 0.480 e. The van der Waals surface area contributed by atoms with E-state index in [0.29, 0.717) is 18.2 Å². The molecule has 1 fully saturated rings. The van der Waals surface area contributed by atoms with E-state index in [1.807, 2.05) is 0 Å². The molecule has 12 heteroatoms. The summed E-state index contributed by atoms with van der Waals surface area (Å²) in [6.07, 6.45) is 2.56. The molecular weight excluding hydrogens is 470 g/mol. The Hall–Kier alpha value is -2.72. The highest BCUT2D eigenvalue weighted by molar-refractivity contribution is 6.33. The van der Waals surface area contributed by atoms with Gasteiger partial charge in [0.15, 0.2) is 12.4 Å². The average molecular weight is 486 g/mol. The second kappa shape index (κ2) is 7.41. The summed E-state index contributed by atoms with van der Waals surface area (Å²) in [5.41, 5.74) is -0.375. The van der Waals surface area contributed by atoms with E-state index in [1.165, 1.54) is 19.3 Å². The Kier molecular flexibility index (Phi) is 4.90. The molecule has 1 aromatic carbocycles. The normalized spacial score (nSPS) is 19.6. The molecule has 0 spiro atoms. The van der Waals surface area contributed by atoms with Crippen LogP contribution in [0.25, 0.3) is 10.9 Å². The highest BCUT2D eigenvalue weighted by Crippen LogP contribution is 2.45. The molecule has 1 saturated carbocycles. The molecule has 3 heterocycles. The second-order valence-corrected chi connectivity index (χ2v) is 8.63. The minimum absolute atomic E-state index is 0.0456. The van der Waals surface area contributed by atoms with Crippen LogP contribution in [0.15, 0.2) is 23.1 Å². The number of hydrogen-bond donors (Lipinski definition) is 2. The average Bonchev–Trinajstić information content (AvgIpc) is 3.57. The number of nitrogens with one attached hydrogen (secondary N) is 2. The molecule has 1 atom stereocenters. The number of hydrogen-bond acceptors (Lipinski definition) is 6. The van der Waals surface area contributed by atoms with Crippen molar-refractivity contribution in [3.05, 3.63) is 44.8 Å². The summed E-state index contributed by atoms with van der Waals surface area (Å²) in [6, 6.07) is 1.32. The first-order valence-electron chi connectivity index (χ1n) is 9.74. The Morgan fingerprint density at radius 3 is 2.78 bits per heavy atom. The van der Waals surface area contributed by atoms with Gasteiger partial charge in [-0.05, 0) is 36.4 Å². The first-order valence-corrected chi connectivity index (χ1v) is 10.5. The fourth-order valence-corrected chi connectivity index (χ4v) is 4.15. The number of fused-ring (bicyclic) bond motifs is 3. The quantitative estimate of drug-likeness (QED) is 0.521. The zero-order valence-electron chi connectivity index (χ0n) is 16.6. The van der Waals surface area contributed by atoms with Crippen LogP contribution in [0.5, 0.6) is 5.75 Å². The molecule has 0 radical (unpaired) electrons. The number of aromatic nitrogens is 3. The summed E-state index contributed by atoms with van der Waals surface area (Å²) in [7, 11) is 1.42. The minimum Gasteiger partial charge on any atom is -0.480 e. The summed E-state index contributed by atoms with van der Waals surface area (Å²) in [4.78, 5) is 20.5. The van der Waals surface area contributed by atoms with Gasteiger partial charge in [-0.2, -0.15) is 4.98 Å². The zero-order valence-corrected chi connectivity index (χ0v) is 18.1. The smallest absolute Gasteiger partial charge is 0.301 e. The van der Waals surface area contributed by atoms with Crippen molar-refractivity contribution in [2.45, 2.75) is 24.8 Å². The van der Waals surface area contributed by atoms with Crippen LogP contribution in [0.2, 0.25) is 10.3 Å². The van der Waals surface area contributed by atoms with Gasteiger partial charge in [-0.3, -0.25) is 4.79 Å². The number of nitrogens with zero attached hydrogens (tertiary/aromatic N) is 3. The van der Waals surface area contributed by atoms with Crippen molar-refractivity contribution in [1.29, 1.82) is 0 Å². The van der Waals surface area contributed by atoms with Crippen LogP contribution in [0.4, 0.5) is 30.4 Å². The predicted octanol–water partition coefficient (Wildman–Crippen LogP) is 4.74. The van der Waals surface area contributed by atoms with Crippen molar-refractivity contribution in [2.75, 3.05) is 17.2 Å². The highest BCUT2D eigenvalue weighted by Gasteiger charge is 2.51. The fraction of sp³-hybridized carbons (Fsp3) is 0.350. The summed E-state index contributed by atoms with van der Waals surface area (Å²) >= 11 is 11.9. The van der Waals surface area contributed by atoms with E-state index in [1.54, 1.807) is 0 Å². The van der Waals surface area contributed by atoms with Gasteiger partial charge >= 0.3 is 5.92 Å². The van der Waals surface area contributed by atoms with E-state index < -0.39 is 29.9 Å². The van der Waals surface area contributed by atoms with E-state index >= 15 is 0 Å². The van der Waals surface area contributed by atoms with Gasteiger partial charge in [-0.25, -0.2) is 18.2 Å². The number of pyridine rings is 1. The lowest BCUT2D eigenvalue weighted by molar-refractivity contribution is -0.0579. The van der Waals surface area contributed by atoms with Crippen LogP contribution in [-0.4, -0.2) is 33.1 Å². The third kappa shape index (κ3) is 3.51. The van der Waals surface area contributed by atoms with Gasteiger partial charge in [0.2, 0.25) is 11.0 Å². The van der Waals surface area contributed by atoms with Crippen LogP contribution in [0.1, 0.15) is 12.8 Å². The van der Waals surface area contributed by atoms with E-state index in [4.69, 9.17) is 27.9 Å². The molecular formula is C20H16Cl2F3N5O2. The minimum atomic E-state index is -3.18. The number of anilines is 3. The third-order valence-electron chi connectivity index (χ3n) is 5.67. The van der Waals surface area contributed by atoms with Gasteiger partial charge in [0.1, 0.15) is 10.8 Å². The highest BCUT2D eigenvalue weighted by atomic mass is 35.5. The molecule has 3 aromatic rings. The zero-order chi connectivity index (χ0) is 22.8. The van der Waals surface area contributed by atoms with Gasteiger partial charge in [-0.1, -0.05) is 11.6 Å². The maximum absolute atomic E-state index is 14.9. The first-order chi connectivity index (χ1) is 15.2. The van der Waals surface area contributed by atoms with Crippen LogP contribution < -0.4 is 20.9 Å². The predicted molar refractivity (Wildman–Crippen MR) is 115 cm³/mol. The van der Waals surface area contributed by atoms with E-state index in [2.05, 4.69) is 20.6 Å². The number of benzene rings is 1. The summed E-state index contributed by atoms with van der Waals surface area (Å²) in [5.74, 6) is -4.30. The first kappa shape index (κ1) is 21.1. The molecule has 7 nitrogen and oxygen atoms in total. The lowest BCUT2D eigenvalue weighted by atomic mass is 10.0. The van der Waals surface area contributed by atoms with Crippen LogP contribution >= 0.6 is 23.2 Å². The van der Waals surface area contributed by atoms with Crippen LogP contribution in [0, 0.1) is 11.7 Å². The van der Waals surface area contributed by atoms with Crippen molar-refractivity contribution in [1.82, 2.24) is 14.5 Å². The van der Waals surface area contributed by atoms with Crippen molar-refractivity contribution < 1.29 is 17.9 Å². The molecule has 2 N–H and O–H groups in total. The number of aryl methyl sites for hydroxylation is 1. The maximum atomic E-state index is 14.9. The Morgan fingerprint density at radius 1 is 1.31 bits per heavy atom. The van der Waals surface area contributed by atoms with Crippen molar-refractivity contribution in [2.24, 2.45) is 13.0 Å². The molecule has 0 unspecified atom stereocenters. The maximum Gasteiger partial charge on any atom is 0.301 e. The second-order valence-electron chi connectivity index (χ2n) is 7.89. The lowest BCUT2D eigenvalue weighted by Gasteiger charge is -2.25. The summed E-state index contributed by atoms with van der Waals surface area (Å²) in [5, 5.41) is 5.91. The molecule has 0 amide bonds.